The van der Waals surface area contributed by atoms with E-state index < -0.39 is 18.1 Å². The van der Waals surface area contributed by atoms with Crippen molar-refractivity contribution in [2.45, 2.75) is 76.9 Å². The molecular weight excluding hydrogens is 558 g/mol. The van der Waals surface area contributed by atoms with Gasteiger partial charge in [0.25, 0.3) is 0 Å². The lowest BCUT2D eigenvalue weighted by Gasteiger charge is -2.32. The van der Waals surface area contributed by atoms with Crippen LogP contribution < -0.4 is 5.32 Å². The number of aromatic nitrogens is 1. The number of thiazole rings is 1. The van der Waals surface area contributed by atoms with Crippen molar-refractivity contribution in [3.05, 3.63) is 57.6 Å². The zero-order valence-electron chi connectivity index (χ0n) is 24.0. The molecule has 1 aliphatic heterocycles. The third-order valence-corrected chi connectivity index (χ3v) is 9.65. The summed E-state index contributed by atoms with van der Waals surface area (Å²) in [4.78, 5) is 45.6. The van der Waals surface area contributed by atoms with E-state index >= 15 is 0 Å². The second-order valence-corrected chi connectivity index (χ2v) is 12.9. The minimum absolute atomic E-state index is 0.215. The molecule has 0 radical (unpaired) electrons. The molecule has 222 valence electrons. The van der Waals surface area contributed by atoms with E-state index in [1.54, 1.807) is 16.6 Å². The molecule has 1 saturated carbocycles. The summed E-state index contributed by atoms with van der Waals surface area (Å²) in [5.41, 5.74) is 4.88. The Morgan fingerprint density at radius 1 is 1.20 bits per heavy atom. The molecule has 2 atom stereocenters. The molecule has 1 unspecified atom stereocenters. The number of aliphatic carboxylic acids is 1. The molecule has 1 aliphatic carbocycles. The van der Waals surface area contributed by atoms with Gasteiger partial charge >= 0.3 is 12.1 Å². The highest BCUT2D eigenvalue weighted by Gasteiger charge is 2.32. The van der Waals surface area contributed by atoms with Crippen LogP contribution in [0.25, 0.3) is 5.57 Å². The lowest BCUT2D eigenvalue weighted by molar-refractivity contribution is -0.141. The average Bonchev–Trinajstić information content (AvgIpc) is 3.52. The van der Waals surface area contributed by atoms with Gasteiger partial charge in [0.05, 0.1) is 16.9 Å². The van der Waals surface area contributed by atoms with E-state index in [2.05, 4.69) is 10.3 Å². The number of benzene rings is 1. The fourth-order valence-corrected chi connectivity index (χ4v) is 6.92. The van der Waals surface area contributed by atoms with Gasteiger partial charge in [-0.3, -0.25) is 9.78 Å². The lowest BCUT2D eigenvalue weighted by Crippen LogP contribution is -2.45. The number of carbonyl (C=O) groups excluding carboxylic acids is 2. The number of rotatable bonds is 12. The van der Waals surface area contributed by atoms with Gasteiger partial charge in [-0.15, -0.1) is 11.3 Å². The summed E-state index contributed by atoms with van der Waals surface area (Å²) in [7, 11) is 0. The van der Waals surface area contributed by atoms with Crippen LogP contribution in [-0.2, 0) is 14.3 Å². The lowest BCUT2D eigenvalue weighted by atomic mass is 9.85. The number of thioether (sulfide) groups is 1. The smallest absolute Gasteiger partial charge is 0.410 e. The molecular formula is C31H41N3O5S2. The van der Waals surface area contributed by atoms with Crippen LogP contribution in [0.2, 0.25) is 0 Å². The van der Waals surface area contributed by atoms with Gasteiger partial charge in [0.2, 0.25) is 5.91 Å². The van der Waals surface area contributed by atoms with E-state index in [0.717, 1.165) is 34.4 Å². The molecule has 0 bridgehead atoms. The minimum Gasteiger partial charge on any atom is -0.480 e. The van der Waals surface area contributed by atoms with E-state index in [1.165, 1.54) is 55.2 Å². The number of hydrogen-bond acceptors (Lipinski definition) is 7. The molecule has 10 heteroatoms. The summed E-state index contributed by atoms with van der Waals surface area (Å²) < 4.78 is 6.13. The van der Waals surface area contributed by atoms with E-state index in [1.807, 2.05) is 37.4 Å². The number of amides is 2. The van der Waals surface area contributed by atoms with Gasteiger partial charge in [-0.05, 0) is 67.2 Å². The van der Waals surface area contributed by atoms with Crippen LogP contribution in [0.3, 0.4) is 0 Å². The van der Waals surface area contributed by atoms with E-state index in [9.17, 15) is 19.5 Å². The average molecular weight is 600 g/mol. The van der Waals surface area contributed by atoms with Crippen molar-refractivity contribution < 1.29 is 24.2 Å². The van der Waals surface area contributed by atoms with Crippen molar-refractivity contribution in [2.24, 2.45) is 5.92 Å². The van der Waals surface area contributed by atoms with Gasteiger partial charge in [-0.25, -0.2) is 9.59 Å². The molecule has 4 rings (SSSR count). The van der Waals surface area contributed by atoms with E-state index in [-0.39, 0.29) is 18.6 Å². The van der Waals surface area contributed by atoms with Gasteiger partial charge in [0, 0.05) is 18.3 Å². The first-order chi connectivity index (χ1) is 19.9. The molecule has 2 amide bonds. The molecule has 2 N–H and O–H groups in total. The normalized spacial score (nSPS) is 17.7. The molecule has 0 saturated heterocycles. The third kappa shape index (κ3) is 8.58. The summed E-state index contributed by atoms with van der Waals surface area (Å²) in [6.45, 7) is 2.50. The van der Waals surface area contributed by atoms with Crippen molar-refractivity contribution in [2.75, 3.05) is 25.1 Å². The Hall–Kier alpha value is -2.85. The van der Waals surface area contributed by atoms with Crippen LogP contribution in [0.5, 0.6) is 0 Å². The zero-order chi connectivity index (χ0) is 29.2. The summed E-state index contributed by atoms with van der Waals surface area (Å²) in [6.07, 6.45) is 11.7. The zero-order valence-corrected chi connectivity index (χ0v) is 25.6. The molecule has 41 heavy (non-hydrogen) atoms. The summed E-state index contributed by atoms with van der Waals surface area (Å²) >= 11 is 3.04. The number of aryl methyl sites for hydroxylation is 1. The monoisotopic (exact) mass is 599 g/mol. The largest absolute Gasteiger partial charge is 0.480 e. The van der Waals surface area contributed by atoms with Crippen molar-refractivity contribution >= 4 is 46.6 Å². The maximum absolute atomic E-state index is 13.6. The first-order valence-corrected chi connectivity index (χ1v) is 16.8. The van der Waals surface area contributed by atoms with Crippen molar-refractivity contribution in [1.29, 1.82) is 0 Å². The Morgan fingerprint density at radius 2 is 1.98 bits per heavy atom. The molecule has 1 aromatic carbocycles. The van der Waals surface area contributed by atoms with Crippen molar-refractivity contribution in [3.8, 4) is 0 Å². The summed E-state index contributed by atoms with van der Waals surface area (Å²) in [5, 5.41) is 12.4. The summed E-state index contributed by atoms with van der Waals surface area (Å²) in [6, 6.07) is 6.79. The highest BCUT2D eigenvalue weighted by molar-refractivity contribution is 7.98. The van der Waals surface area contributed by atoms with Crippen molar-refractivity contribution in [3.63, 3.8) is 0 Å². The van der Waals surface area contributed by atoms with Crippen LogP contribution >= 0.6 is 23.1 Å². The van der Waals surface area contributed by atoms with Crippen LogP contribution in [0, 0.1) is 12.8 Å². The fourth-order valence-electron chi connectivity index (χ4n) is 5.77. The Morgan fingerprint density at radius 3 is 2.66 bits per heavy atom. The highest BCUT2D eigenvalue weighted by Crippen LogP contribution is 2.35. The predicted molar refractivity (Wildman–Crippen MR) is 164 cm³/mol. The molecule has 0 spiro atoms. The SMILES string of the molecule is CSCC[C@H](NC(=O)C1=C(c2ccccc2C)CN(C(=O)OC(CCC2CCCCC2)c2cncs2)CC1)C(=O)O. The quantitative estimate of drug-likeness (QED) is 0.288. The van der Waals surface area contributed by atoms with Crippen molar-refractivity contribution in [1.82, 2.24) is 15.2 Å². The molecule has 8 nitrogen and oxygen atoms in total. The van der Waals surface area contributed by atoms with E-state index in [4.69, 9.17) is 4.74 Å². The van der Waals surface area contributed by atoms with Gasteiger partial charge in [-0.1, -0.05) is 56.4 Å². The number of carbonyl (C=O) groups is 3. The first kappa shape index (κ1) is 31.1. The van der Waals surface area contributed by atoms with Crippen LogP contribution in [0.4, 0.5) is 4.79 Å². The Bertz CT molecular complexity index is 1210. The number of carboxylic acids is 1. The van der Waals surface area contributed by atoms with Gasteiger partial charge in [0.1, 0.15) is 12.1 Å². The number of ether oxygens (including phenoxy) is 1. The second kappa shape index (κ2) is 15.4. The highest BCUT2D eigenvalue weighted by atomic mass is 32.2. The predicted octanol–water partition coefficient (Wildman–Crippen LogP) is 6.47. The number of nitrogens with one attached hydrogen (secondary N) is 1. The van der Waals surface area contributed by atoms with Gasteiger partial charge in [0.15, 0.2) is 0 Å². The van der Waals surface area contributed by atoms with Crippen LogP contribution in [-0.4, -0.2) is 64.1 Å². The molecule has 1 fully saturated rings. The Labute approximate surface area is 251 Å². The fraction of sp³-hybridized carbons (Fsp3) is 0.548. The molecule has 2 aliphatic rings. The molecule has 2 aromatic rings. The van der Waals surface area contributed by atoms with Crippen LogP contribution in [0.1, 0.15) is 79.9 Å². The van der Waals surface area contributed by atoms with Gasteiger partial charge in [-0.2, -0.15) is 11.8 Å². The number of hydrogen-bond donors (Lipinski definition) is 2. The first-order valence-electron chi connectivity index (χ1n) is 14.5. The van der Waals surface area contributed by atoms with Gasteiger partial charge < -0.3 is 20.1 Å². The van der Waals surface area contributed by atoms with Crippen LogP contribution in [0.15, 0.2) is 41.5 Å². The topological polar surface area (TPSA) is 109 Å². The number of nitrogens with zero attached hydrogens (tertiary/aromatic N) is 2. The minimum atomic E-state index is -1.05. The maximum Gasteiger partial charge on any atom is 0.410 e. The third-order valence-electron chi connectivity index (χ3n) is 8.14. The molecule has 1 aromatic heterocycles. The Kier molecular flexibility index (Phi) is 11.7. The maximum atomic E-state index is 13.6. The summed E-state index contributed by atoms with van der Waals surface area (Å²) in [5.74, 6) is -0.133. The number of carboxylic acid groups (broad SMARTS) is 1. The van der Waals surface area contributed by atoms with E-state index in [0.29, 0.717) is 36.6 Å². The standard InChI is InChI=1S/C31H41N3O5S2/c1-21-8-6-7-11-23(21)25-19-34(16-14-24(25)29(35)33-26(30(36)37)15-17-40-2)31(38)39-27(28-18-32-20-41-28)13-12-22-9-4-3-5-10-22/h6-8,11,18,20,22,26-27H,3-5,9-10,12-17,19H2,1-2H3,(H,33,35)(H,36,37)/t26-,27?/m0/s1. The second-order valence-electron chi connectivity index (χ2n) is 10.9. The Balaban J connectivity index is 1.52. The molecule has 2 heterocycles.